The Morgan fingerprint density at radius 1 is 1.00 bits per heavy atom. The first-order valence-corrected chi connectivity index (χ1v) is 8.61. The second-order valence-electron chi connectivity index (χ2n) is 6.30. The van der Waals surface area contributed by atoms with Crippen molar-refractivity contribution in [3.05, 3.63) is 64.2 Å². The molecule has 0 bridgehead atoms. The fraction of sp³-hybridized carbons (Fsp3) is 0.316. The van der Waals surface area contributed by atoms with Crippen molar-refractivity contribution in [1.29, 1.82) is 0 Å². The zero-order valence-electron chi connectivity index (χ0n) is 14.2. The second kappa shape index (κ2) is 7.19. The van der Waals surface area contributed by atoms with Gasteiger partial charge in [0, 0.05) is 42.5 Å². The van der Waals surface area contributed by atoms with Crippen LogP contribution in [0.15, 0.2) is 42.5 Å². The van der Waals surface area contributed by atoms with Gasteiger partial charge in [-0.05, 0) is 37.3 Å². The van der Waals surface area contributed by atoms with Crippen LogP contribution >= 0.6 is 11.6 Å². The van der Waals surface area contributed by atoms with Crippen LogP contribution in [-0.2, 0) is 6.18 Å². The number of benzene rings is 2. The molecule has 1 heterocycles. The largest absolute Gasteiger partial charge is 0.418 e. The van der Waals surface area contributed by atoms with Crippen LogP contribution in [0, 0.1) is 6.92 Å². The van der Waals surface area contributed by atoms with E-state index >= 15 is 0 Å². The molecule has 3 nitrogen and oxygen atoms in total. The molecule has 2 aromatic rings. The van der Waals surface area contributed by atoms with Crippen molar-refractivity contribution in [2.75, 3.05) is 31.1 Å². The third kappa shape index (κ3) is 3.96. The summed E-state index contributed by atoms with van der Waals surface area (Å²) >= 11 is 5.73. The minimum absolute atomic E-state index is 0.0502. The average Bonchev–Trinajstić information content (AvgIpc) is 2.61. The summed E-state index contributed by atoms with van der Waals surface area (Å²) in [6.45, 7) is 3.35. The summed E-state index contributed by atoms with van der Waals surface area (Å²) in [4.78, 5) is 15.9. The quantitative estimate of drug-likeness (QED) is 0.756. The van der Waals surface area contributed by atoms with Crippen molar-refractivity contribution in [3.63, 3.8) is 0 Å². The topological polar surface area (TPSA) is 23.6 Å². The molecule has 1 fully saturated rings. The second-order valence-corrected chi connectivity index (χ2v) is 6.74. The first-order chi connectivity index (χ1) is 12.3. The molecule has 0 aromatic heterocycles. The fourth-order valence-corrected chi connectivity index (χ4v) is 3.21. The van der Waals surface area contributed by atoms with E-state index in [0.717, 1.165) is 11.6 Å². The lowest BCUT2D eigenvalue weighted by atomic mass is 10.1. The van der Waals surface area contributed by atoms with Crippen LogP contribution in [-0.4, -0.2) is 37.0 Å². The average molecular weight is 383 g/mol. The van der Waals surface area contributed by atoms with Crippen LogP contribution in [0.5, 0.6) is 0 Å². The maximum atomic E-state index is 13.3. The molecule has 26 heavy (non-hydrogen) atoms. The number of halogens is 4. The van der Waals surface area contributed by atoms with Crippen molar-refractivity contribution < 1.29 is 18.0 Å². The number of anilines is 1. The summed E-state index contributed by atoms with van der Waals surface area (Å²) in [6.07, 6.45) is -4.48. The van der Waals surface area contributed by atoms with Crippen molar-refractivity contribution >= 4 is 23.2 Å². The van der Waals surface area contributed by atoms with Gasteiger partial charge in [-0.3, -0.25) is 4.79 Å². The van der Waals surface area contributed by atoms with E-state index in [1.807, 2.05) is 19.1 Å². The van der Waals surface area contributed by atoms with Crippen LogP contribution in [0.1, 0.15) is 21.5 Å². The smallest absolute Gasteiger partial charge is 0.367 e. The number of alkyl halides is 3. The molecule has 1 saturated heterocycles. The van der Waals surface area contributed by atoms with Gasteiger partial charge in [-0.2, -0.15) is 13.2 Å². The lowest BCUT2D eigenvalue weighted by molar-refractivity contribution is -0.137. The van der Waals surface area contributed by atoms with E-state index < -0.39 is 11.7 Å². The van der Waals surface area contributed by atoms with E-state index in [4.69, 9.17) is 11.6 Å². The number of nitrogens with zero attached hydrogens (tertiary/aromatic N) is 2. The van der Waals surface area contributed by atoms with Crippen LogP contribution in [0.2, 0.25) is 5.02 Å². The maximum Gasteiger partial charge on any atom is 0.418 e. The number of carbonyl (C=O) groups excluding carboxylic acids is 1. The van der Waals surface area contributed by atoms with E-state index in [9.17, 15) is 18.0 Å². The molecule has 2 aromatic carbocycles. The highest BCUT2D eigenvalue weighted by atomic mass is 35.5. The highest BCUT2D eigenvalue weighted by Gasteiger charge is 2.36. The van der Waals surface area contributed by atoms with Gasteiger partial charge >= 0.3 is 6.18 Å². The molecule has 0 spiro atoms. The minimum atomic E-state index is -4.48. The first kappa shape index (κ1) is 18.6. The molecule has 0 N–H and O–H groups in total. The molecule has 138 valence electrons. The molecule has 0 radical (unpaired) electrons. The molecule has 1 amide bonds. The summed E-state index contributed by atoms with van der Waals surface area (Å²) in [5, 5.41) is 0.0502. The SMILES string of the molecule is Cc1ccc(C(=O)N2CCN(c3ccc(Cl)cc3C(F)(F)F)CC2)cc1. The van der Waals surface area contributed by atoms with Crippen LogP contribution in [0.4, 0.5) is 18.9 Å². The van der Waals surface area contributed by atoms with E-state index in [1.165, 1.54) is 12.1 Å². The number of hydrogen-bond acceptors (Lipinski definition) is 2. The zero-order valence-corrected chi connectivity index (χ0v) is 14.9. The van der Waals surface area contributed by atoms with Gasteiger partial charge in [-0.25, -0.2) is 0 Å². The van der Waals surface area contributed by atoms with Crippen molar-refractivity contribution in [1.82, 2.24) is 4.90 Å². The van der Waals surface area contributed by atoms with Gasteiger partial charge in [0.25, 0.3) is 5.91 Å². The zero-order chi connectivity index (χ0) is 18.9. The van der Waals surface area contributed by atoms with Gasteiger partial charge in [0.05, 0.1) is 5.56 Å². The molecule has 0 atom stereocenters. The first-order valence-electron chi connectivity index (χ1n) is 8.23. The van der Waals surface area contributed by atoms with E-state index in [1.54, 1.807) is 21.9 Å². The van der Waals surface area contributed by atoms with Gasteiger partial charge in [-0.1, -0.05) is 29.3 Å². The molecular formula is C19H18ClF3N2O. The van der Waals surface area contributed by atoms with Gasteiger partial charge < -0.3 is 9.80 Å². The predicted octanol–water partition coefficient (Wildman–Crippen LogP) is 4.63. The van der Waals surface area contributed by atoms with Crippen LogP contribution < -0.4 is 4.90 Å². The Labute approximate surface area is 155 Å². The van der Waals surface area contributed by atoms with Gasteiger partial charge in [-0.15, -0.1) is 0 Å². The Kier molecular flexibility index (Phi) is 5.14. The Morgan fingerprint density at radius 3 is 2.19 bits per heavy atom. The number of aryl methyl sites for hydroxylation is 1. The van der Waals surface area contributed by atoms with E-state index in [-0.39, 0.29) is 16.6 Å². The molecular weight excluding hydrogens is 365 g/mol. The van der Waals surface area contributed by atoms with Crippen LogP contribution in [0.3, 0.4) is 0 Å². The van der Waals surface area contributed by atoms with E-state index in [2.05, 4.69) is 0 Å². The number of rotatable bonds is 2. The molecule has 0 aliphatic carbocycles. The molecule has 0 saturated carbocycles. The highest BCUT2D eigenvalue weighted by Crippen LogP contribution is 2.38. The molecule has 1 aliphatic rings. The minimum Gasteiger partial charge on any atom is -0.367 e. The van der Waals surface area contributed by atoms with Crippen molar-refractivity contribution in [3.8, 4) is 0 Å². The number of piperazine rings is 1. The van der Waals surface area contributed by atoms with Crippen molar-refractivity contribution in [2.45, 2.75) is 13.1 Å². The number of amides is 1. The third-order valence-electron chi connectivity index (χ3n) is 4.47. The molecule has 3 rings (SSSR count). The predicted molar refractivity (Wildman–Crippen MR) is 95.7 cm³/mol. The maximum absolute atomic E-state index is 13.3. The van der Waals surface area contributed by atoms with Gasteiger partial charge in [0.15, 0.2) is 0 Å². The normalized spacial score (nSPS) is 15.3. The molecule has 1 aliphatic heterocycles. The standard InChI is InChI=1S/C19H18ClF3N2O/c1-13-2-4-14(5-3-13)18(26)25-10-8-24(9-11-25)17-7-6-15(20)12-16(17)19(21,22)23/h2-7,12H,8-11H2,1H3. The molecule has 7 heteroatoms. The van der Waals surface area contributed by atoms with E-state index in [0.29, 0.717) is 31.7 Å². The fourth-order valence-electron chi connectivity index (χ4n) is 3.04. The van der Waals surface area contributed by atoms with Crippen molar-refractivity contribution in [2.24, 2.45) is 0 Å². The summed E-state index contributed by atoms with van der Waals surface area (Å²) in [5.74, 6) is -0.100. The Bertz CT molecular complexity index is 797. The summed E-state index contributed by atoms with van der Waals surface area (Å²) in [7, 11) is 0. The summed E-state index contributed by atoms with van der Waals surface area (Å²) in [5.41, 5.74) is 1.01. The van der Waals surface area contributed by atoms with Crippen LogP contribution in [0.25, 0.3) is 0 Å². The number of hydrogen-bond donors (Lipinski definition) is 0. The Balaban J connectivity index is 1.73. The monoisotopic (exact) mass is 382 g/mol. The third-order valence-corrected chi connectivity index (χ3v) is 4.71. The highest BCUT2D eigenvalue weighted by molar-refractivity contribution is 6.30. The summed E-state index contributed by atoms with van der Waals surface area (Å²) in [6, 6.07) is 11.1. The Hall–Kier alpha value is -2.21. The lowest BCUT2D eigenvalue weighted by Crippen LogP contribution is -2.49. The Morgan fingerprint density at radius 2 is 1.62 bits per heavy atom. The lowest BCUT2D eigenvalue weighted by Gasteiger charge is -2.37. The van der Waals surface area contributed by atoms with Gasteiger partial charge in [0.2, 0.25) is 0 Å². The summed E-state index contributed by atoms with van der Waals surface area (Å²) < 4.78 is 39.9. The van der Waals surface area contributed by atoms with Gasteiger partial charge in [0.1, 0.15) is 0 Å². The molecule has 0 unspecified atom stereocenters. The number of carbonyl (C=O) groups is 1.